The van der Waals surface area contributed by atoms with E-state index in [-0.39, 0.29) is 30.2 Å². The number of ether oxygens (including phenoxy) is 1. The minimum atomic E-state index is -1.14. The maximum atomic E-state index is 14.2. The largest absolute Gasteiger partial charge is 0.490 e. The van der Waals surface area contributed by atoms with E-state index in [2.05, 4.69) is 39.0 Å². The number of alkyl halides is 1. The molecule has 0 radical (unpaired) electrons. The second kappa shape index (κ2) is 9.17. The summed E-state index contributed by atoms with van der Waals surface area (Å²) in [5.74, 6) is 1.21. The number of nitrogens with zero attached hydrogens (tertiary/aromatic N) is 1. The molecule has 2 aliphatic rings. The van der Waals surface area contributed by atoms with Crippen molar-refractivity contribution in [3.63, 3.8) is 0 Å². The van der Waals surface area contributed by atoms with Crippen LogP contribution in [0.15, 0.2) is 47.5 Å². The zero-order valence-electron chi connectivity index (χ0n) is 19.5. The Kier molecular flexibility index (Phi) is 6.50. The molecular formula is C28H33F2NO. The molecule has 2 aliphatic carbocycles. The lowest BCUT2D eigenvalue weighted by Crippen LogP contribution is -2.16. The highest BCUT2D eigenvalue weighted by Crippen LogP contribution is 2.47. The summed E-state index contributed by atoms with van der Waals surface area (Å²) in [6, 6.07) is 11.0. The van der Waals surface area contributed by atoms with Crippen LogP contribution in [0, 0.1) is 18.7 Å². The van der Waals surface area contributed by atoms with Crippen LogP contribution in [-0.4, -0.2) is 24.5 Å². The Labute approximate surface area is 190 Å². The monoisotopic (exact) mass is 437 g/mol. The van der Waals surface area contributed by atoms with Gasteiger partial charge in [-0.05, 0) is 85.5 Å². The molecule has 4 heteroatoms. The van der Waals surface area contributed by atoms with Crippen molar-refractivity contribution < 1.29 is 13.5 Å². The van der Waals surface area contributed by atoms with Crippen molar-refractivity contribution in [2.75, 3.05) is 13.2 Å². The fourth-order valence-electron chi connectivity index (χ4n) is 4.57. The zero-order valence-corrected chi connectivity index (χ0v) is 19.5. The maximum absolute atomic E-state index is 14.2. The fraction of sp³-hybridized carbons (Fsp3) is 0.464. The normalized spacial score (nSPS) is 25.0. The van der Waals surface area contributed by atoms with Gasteiger partial charge in [0.25, 0.3) is 0 Å². The Morgan fingerprint density at radius 3 is 2.75 bits per heavy atom. The van der Waals surface area contributed by atoms with E-state index >= 15 is 0 Å². The average Bonchev–Trinajstić information content (AvgIpc) is 3.17. The fourth-order valence-corrected chi connectivity index (χ4v) is 4.57. The Morgan fingerprint density at radius 2 is 2.03 bits per heavy atom. The van der Waals surface area contributed by atoms with Crippen molar-refractivity contribution in [1.82, 2.24) is 0 Å². The Morgan fingerprint density at radius 1 is 1.25 bits per heavy atom. The van der Waals surface area contributed by atoms with Crippen LogP contribution in [0.3, 0.4) is 0 Å². The number of fused-ring (bicyclic) bond motifs is 1. The van der Waals surface area contributed by atoms with Gasteiger partial charge in [0.1, 0.15) is 23.8 Å². The molecule has 0 spiro atoms. The molecular weight excluding hydrogens is 404 g/mol. The Bertz CT molecular complexity index is 1040. The van der Waals surface area contributed by atoms with Crippen molar-refractivity contribution >= 4 is 11.8 Å². The van der Waals surface area contributed by atoms with Crippen molar-refractivity contribution in [1.29, 1.82) is 0 Å². The first kappa shape index (κ1) is 22.7. The van der Waals surface area contributed by atoms with Gasteiger partial charge in [0.2, 0.25) is 0 Å². The summed E-state index contributed by atoms with van der Waals surface area (Å²) in [6.45, 7) is 9.12. The molecule has 2 nitrogen and oxygen atoms in total. The second-order valence-electron chi connectivity index (χ2n) is 9.70. The first-order valence-corrected chi connectivity index (χ1v) is 11.6. The molecule has 4 rings (SSSR count). The number of benzene rings is 2. The van der Waals surface area contributed by atoms with Gasteiger partial charge in [0, 0.05) is 24.1 Å². The third kappa shape index (κ3) is 5.11. The van der Waals surface area contributed by atoms with Gasteiger partial charge in [-0.3, -0.25) is 4.99 Å². The van der Waals surface area contributed by atoms with Crippen LogP contribution >= 0.6 is 0 Å². The average molecular weight is 438 g/mol. The summed E-state index contributed by atoms with van der Waals surface area (Å²) in [4.78, 5) is 4.82. The van der Waals surface area contributed by atoms with Gasteiger partial charge in [-0.1, -0.05) is 38.1 Å². The molecule has 2 aromatic carbocycles. The molecule has 0 amide bonds. The molecule has 170 valence electrons. The van der Waals surface area contributed by atoms with Crippen molar-refractivity contribution in [2.45, 2.75) is 64.5 Å². The predicted molar refractivity (Wildman–Crippen MR) is 128 cm³/mol. The van der Waals surface area contributed by atoms with Gasteiger partial charge in [0.15, 0.2) is 0 Å². The molecule has 0 aliphatic heterocycles. The lowest BCUT2D eigenvalue weighted by atomic mass is 9.94. The number of hydrogen-bond acceptors (Lipinski definition) is 2. The van der Waals surface area contributed by atoms with E-state index in [0.717, 1.165) is 47.5 Å². The summed E-state index contributed by atoms with van der Waals surface area (Å²) in [5.41, 5.74) is 4.58. The van der Waals surface area contributed by atoms with Crippen LogP contribution in [-0.2, 0) is 0 Å². The third-order valence-corrected chi connectivity index (χ3v) is 7.03. The lowest BCUT2D eigenvalue weighted by molar-refractivity contribution is 0.165. The SMILES string of the molecule is CC(CCC1C=Cc2ccc(F)cc21)=NCC(C)c1ccc(OCC2(F)CC2C)cc1C. The van der Waals surface area contributed by atoms with E-state index in [1.54, 1.807) is 6.07 Å². The number of allylic oxidation sites excluding steroid dienone is 1. The van der Waals surface area contributed by atoms with Gasteiger partial charge < -0.3 is 4.74 Å². The van der Waals surface area contributed by atoms with Crippen LogP contribution in [0.5, 0.6) is 5.75 Å². The standard InChI is InChI=1S/C28H33F2NO/c1-18-13-25(32-17-28(30)15-20(28)3)11-12-26(18)19(2)16-31-21(4)5-6-22-7-8-23-9-10-24(29)14-27(22)23/h7-14,19-20,22H,5-6,15-17H2,1-4H3. The molecule has 0 bridgehead atoms. The predicted octanol–water partition coefficient (Wildman–Crippen LogP) is 7.42. The van der Waals surface area contributed by atoms with E-state index < -0.39 is 5.67 Å². The van der Waals surface area contributed by atoms with E-state index in [1.807, 2.05) is 25.1 Å². The van der Waals surface area contributed by atoms with E-state index in [4.69, 9.17) is 9.73 Å². The molecule has 0 heterocycles. The van der Waals surface area contributed by atoms with E-state index in [9.17, 15) is 8.78 Å². The van der Waals surface area contributed by atoms with Gasteiger partial charge in [-0.15, -0.1) is 0 Å². The Balaban J connectivity index is 1.28. The van der Waals surface area contributed by atoms with Crippen LogP contribution < -0.4 is 4.74 Å². The minimum Gasteiger partial charge on any atom is -0.490 e. The molecule has 1 saturated carbocycles. The van der Waals surface area contributed by atoms with Crippen molar-refractivity contribution in [3.05, 3.63) is 70.5 Å². The summed E-state index contributed by atoms with van der Waals surface area (Å²) in [6.07, 6.45) is 6.69. The number of aryl methyl sites for hydroxylation is 1. The van der Waals surface area contributed by atoms with Crippen LogP contribution in [0.25, 0.3) is 6.08 Å². The first-order chi connectivity index (χ1) is 15.2. The van der Waals surface area contributed by atoms with Gasteiger partial charge in [0.05, 0.1) is 0 Å². The van der Waals surface area contributed by atoms with Gasteiger partial charge in [-0.2, -0.15) is 0 Å². The Hall–Kier alpha value is -2.49. The summed E-state index contributed by atoms with van der Waals surface area (Å²) >= 11 is 0. The van der Waals surface area contributed by atoms with Gasteiger partial charge >= 0.3 is 0 Å². The number of hydrogen-bond donors (Lipinski definition) is 0. The van der Waals surface area contributed by atoms with E-state index in [1.165, 1.54) is 11.6 Å². The van der Waals surface area contributed by atoms with Crippen molar-refractivity contribution in [3.8, 4) is 5.75 Å². The number of halogens is 2. The molecule has 1 fully saturated rings. The molecule has 0 aromatic heterocycles. The summed E-state index contributed by atoms with van der Waals surface area (Å²) in [7, 11) is 0. The third-order valence-electron chi connectivity index (χ3n) is 7.03. The molecule has 0 N–H and O–H groups in total. The van der Waals surface area contributed by atoms with Crippen LogP contribution in [0.1, 0.15) is 74.1 Å². The maximum Gasteiger partial charge on any atom is 0.147 e. The molecule has 0 saturated heterocycles. The molecule has 4 atom stereocenters. The summed E-state index contributed by atoms with van der Waals surface area (Å²) in [5, 5.41) is 0. The second-order valence-corrected chi connectivity index (χ2v) is 9.70. The van der Waals surface area contributed by atoms with Gasteiger partial charge in [-0.25, -0.2) is 8.78 Å². The smallest absolute Gasteiger partial charge is 0.147 e. The first-order valence-electron chi connectivity index (χ1n) is 11.6. The topological polar surface area (TPSA) is 21.6 Å². The van der Waals surface area contributed by atoms with Crippen LogP contribution in [0.4, 0.5) is 8.78 Å². The molecule has 4 unspecified atom stereocenters. The highest BCUT2D eigenvalue weighted by molar-refractivity contribution is 5.82. The molecule has 2 aromatic rings. The highest BCUT2D eigenvalue weighted by Gasteiger charge is 2.53. The zero-order chi connectivity index (χ0) is 22.9. The quantitative estimate of drug-likeness (QED) is 0.374. The minimum absolute atomic E-state index is 0.101. The lowest BCUT2D eigenvalue weighted by Gasteiger charge is -2.16. The number of aliphatic imine (C=N–C) groups is 1. The van der Waals surface area contributed by atoms with E-state index in [0.29, 0.717) is 6.42 Å². The number of rotatable bonds is 9. The van der Waals surface area contributed by atoms with Crippen molar-refractivity contribution in [2.24, 2.45) is 10.9 Å². The summed E-state index contributed by atoms with van der Waals surface area (Å²) < 4.78 is 33.5. The molecule has 32 heavy (non-hydrogen) atoms. The highest BCUT2D eigenvalue weighted by atomic mass is 19.1. The van der Waals surface area contributed by atoms with Crippen LogP contribution in [0.2, 0.25) is 0 Å².